The molecule has 0 spiro atoms. The van der Waals surface area contributed by atoms with Crippen LogP contribution in [0.2, 0.25) is 0 Å². The third kappa shape index (κ3) is 4.81. The van der Waals surface area contributed by atoms with Gasteiger partial charge in [-0.2, -0.15) is 5.26 Å². The van der Waals surface area contributed by atoms with Gasteiger partial charge in [-0.25, -0.2) is 0 Å². The first kappa shape index (κ1) is 25.3. The molecule has 0 N–H and O–H groups in total. The number of aryl methyl sites for hydroxylation is 1. The molecule has 194 valence electrons. The zero-order chi connectivity index (χ0) is 26.8. The van der Waals surface area contributed by atoms with Crippen LogP contribution in [0, 0.1) is 18.3 Å². The van der Waals surface area contributed by atoms with Gasteiger partial charge in [0.2, 0.25) is 0 Å². The Labute approximate surface area is 221 Å². The minimum Gasteiger partial charge on any atom is -0.496 e. The molecular formula is C30H29N3O5. The number of carbonyl (C=O) groups excluding carboxylic acids is 1. The highest BCUT2D eigenvalue weighted by Crippen LogP contribution is 2.40. The molecule has 2 aromatic heterocycles. The Morgan fingerprint density at radius 3 is 2.61 bits per heavy atom. The summed E-state index contributed by atoms with van der Waals surface area (Å²) >= 11 is 0. The van der Waals surface area contributed by atoms with Gasteiger partial charge in [0, 0.05) is 50.3 Å². The number of amides is 1. The van der Waals surface area contributed by atoms with E-state index in [1.807, 2.05) is 37.3 Å². The van der Waals surface area contributed by atoms with Crippen LogP contribution >= 0.6 is 0 Å². The van der Waals surface area contributed by atoms with Crippen LogP contribution in [0.1, 0.15) is 34.3 Å². The van der Waals surface area contributed by atoms with Crippen molar-refractivity contribution in [2.45, 2.75) is 25.9 Å². The van der Waals surface area contributed by atoms with E-state index in [1.54, 1.807) is 39.5 Å². The van der Waals surface area contributed by atoms with Gasteiger partial charge < -0.3 is 23.5 Å². The van der Waals surface area contributed by atoms with Crippen LogP contribution in [0.25, 0.3) is 33.6 Å². The van der Waals surface area contributed by atoms with E-state index in [9.17, 15) is 10.1 Å². The second kappa shape index (κ2) is 10.6. The molecule has 0 atom stereocenters. The van der Waals surface area contributed by atoms with Crippen molar-refractivity contribution in [1.29, 1.82) is 5.26 Å². The average molecular weight is 512 g/mol. The third-order valence-electron chi connectivity index (χ3n) is 6.70. The molecule has 5 rings (SSSR count). The Kier molecular flexibility index (Phi) is 7.03. The highest BCUT2D eigenvalue weighted by molar-refractivity contribution is 5.97. The maximum Gasteiger partial charge on any atom is 0.253 e. The van der Waals surface area contributed by atoms with Crippen molar-refractivity contribution < 1.29 is 23.4 Å². The molecule has 1 fully saturated rings. The first-order valence-electron chi connectivity index (χ1n) is 12.5. The number of nitrogens with zero attached hydrogens (tertiary/aromatic N) is 3. The molecular weight excluding hydrogens is 482 g/mol. The first-order chi connectivity index (χ1) is 18.4. The van der Waals surface area contributed by atoms with Crippen LogP contribution in [-0.2, 0) is 4.74 Å². The molecule has 8 heteroatoms. The van der Waals surface area contributed by atoms with E-state index < -0.39 is 0 Å². The number of aromatic nitrogens is 1. The van der Waals surface area contributed by atoms with Crippen LogP contribution < -0.4 is 9.47 Å². The summed E-state index contributed by atoms with van der Waals surface area (Å²) in [4.78, 5) is 18.5. The van der Waals surface area contributed by atoms with Crippen molar-refractivity contribution in [2.75, 3.05) is 34.4 Å². The second-order valence-electron chi connectivity index (χ2n) is 9.51. The van der Waals surface area contributed by atoms with Gasteiger partial charge in [0.1, 0.15) is 34.9 Å². The number of benzene rings is 2. The molecule has 3 heterocycles. The molecule has 0 unspecified atom stereocenters. The van der Waals surface area contributed by atoms with E-state index in [0.29, 0.717) is 58.3 Å². The van der Waals surface area contributed by atoms with Crippen molar-refractivity contribution in [2.24, 2.45) is 0 Å². The highest BCUT2D eigenvalue weighted by Gasteiger charge is 2.21. The van der Waals surface area contributed by atoms with Gasteiger partial charge in [0.05, 0.1) is 31.5 Å². The van der Waals surface area contributed by atoms with Crippen LogP contribution in [0.4, 0.5) is 0 Å². The zero-order valence-electron chi connectivity index (χ0n) is 21.9. The number of furan rings is 1. The number of hydrogen-bond donors (Lipinski definition) is 0. The van der Waals surface area contributed by atoms with Gasteiger partial charge in [0.15, 0.2) is 5.58 Å². The number of rotatable bonds is 6. The smallest absolute Gasteiger partial charge is 0.253 e. The molecule has 0 saturated carbocycles. The number of ether oxygens (including phenoxy) is 3. The van der Waals surface area contributed by atoms with E-state index in [-0.39, 0.29) is 12.0 Å². The van der Waals surface area contributed by atoms with E-state index in [1.165, 1.54) is 4.90 Å². The maximum atomic E-state index is 12.4. The van der Waals surface area contributed by atoms with Gasteiger partial charge >= 0.3 is 0 Å². The van der Waals surface area contributed by atoms with E-state index in [4.69, 9.17) is 18.6 Å². The fourth-order valence-electron chi connectivity index (χ4n) is 4.69. The van der Waals surface area contributed by atoms with Gasteiger partial charge in [-0.15, -0.1) is 0 Å². The molecule has 0 bridgehead atoms. The standard InChI is InChI=1S/C30H29N3O5/c1-18-17-32-24-15-27(23-7-5-20(14-26(23)35-4)30(34)33(2)3)38-29(24)28(18)19-6-8-25(21(13-19)16-31)37-22-9-11-36-12-10-22/h5-8,13-15,17,22H,9-12H2,1-4H3. The van der Waals surface area contributed by atoms with Crippen LogP contribution in [-0.4, -0.2) is 56.3 Å². The summed E-state index contributed by atoms with van der Waals surface area (Å²) in [6.45, 7) is 3.29. The molecule has 2 aromatic carbocycles. The third-order valence-corrected chi connectivity index (χ3v) is 6.70. The van der Waals surface area contributed by atoms with Gasteiger partial charge in [-0.1, -0.05) is 6.07 Å². The summed E-state index contributed by atoms with van der Waals surface area (Å²) < 4.78 is 23.5. The van der Waals surface area contributed by atoms with Crippen molar-refractivity contribution >= 4 is 17.0 Å². The summed E-state index contributed by atoms with van der Waals surface area (Å²) in [7, 11) is 4.98. The average Bonchev–Trinajstić information content (AvgIpc) is 3.37. The number of carbonyl (C=O) groups is 1. The van der Waals surface area contributed by atoms with Crippen molar-refractivity contribution in [1.82, 2.24) is 9.88 Å². The minimum atomic E-state index is -0.114. The molecule has 4 aromatic rings. The fraction of sp³-hybridized carbons (Fsp3) is 0.300. The lowest BCUT2D eigenvalue weighted by Crippen LogP contribution is -2.26. The monoisotopic (exact) mass is 511 g/mol. The molecule has 0 aliphatic carbocycles. The molecule has 38 heavy (non-hydrogen) atoms. The number of pyridine rings is 1. The summed E-state index contributed by atoms with van der Waals surface area (Å²) in [5, 5.41) is 9.88. The molecule has 1 saturated heterocycles. The number of methoxy groups -OCH3 is 1. The number of nitriles is 1. The normalized spacial score (nSPS) is 13.8. The largest absolute Gasteiger partial charge is 0.496 e. The van der Waals surface area contributed by atoms with Gasteiger partial charge in [-0.05, 0) is 48.4 Å². The quantitative estimate of drug-likeness (QED) is 0.332. The fourth-order valence-corrected chi connectivity index (χ4v) is 4.69. The zero-order valence-corrected chi connectivity index (χ0v) is 21.9. The van der Waals surface area contributed by atoms with Gasteiger partial charge in [0.25, 0.3) is 5.91 Å². The van der Waals surface area contributed by atoms with Crippen molar-refractivity contribution in [3.63, 3.8) is 0 Å². The summed E-state index contributed by atoms with van der Waals surface area (Å²) in [6.07, 6.45) is 3.45. The van der Waals surface area contributed by atoms with E-state index in [0.717, 1.165) is 29.5 Å². The predicted octanol–water partition coefficient (Wildman–Crippen LogP) is 5.61. The highest BCUT2D eigenvalue weighted by atomic mass is 16.5. The number of hydrogen-bond acceptors (Lipinski definition) is 7. The second-order valence-corrected chi connectivity index (χ2v) is 9.51. The Morgan fingerprint density at radius 1 is 1.11 bits per heavy atom. The van der Waals surface area contributed by atoms with Crippen molar-refractivity contribution in [3.8, 4) is 40.0 Å². The Hall–Kier alpha value is -4.35. The Morgan fingerprint density at radius 2 is 1.89 bits per heavy atom. The Bertz CT molecular complexity index is 1540. The van der Waals surface area contributed by atoms with E-state index in [2.05, 4.69) is 11.1 Å². The molecule has 1 aliphatic heterocycles. The topological polar surface area (TPSA) is 97.8 Å². The first-order valence-corrected chi connectivity index (χ1v) is 12.5. The summed E-state index contributed by atoms with van der Waals surface area (Å²) in [5.74, 6) is 1.55. The number of fused-ring (bicyclic) bond motifs is 1. The Balaban J connectivity index is 1.55. The molecule has 1 amide bonds. The van der Waals surface area contributed by atoms with Crippen molar-refractivity contribution in [3.05, 3.63) is 65.4 Å². The molecule has 1 aliphatic rings. The van der Waals surface area contributed by atoms with Crippen LogP contribution in [0.15, 0.2) is 53.1 Å². The lowest BCUT2D eigenvalue weighted by atomic mass is 9.99. The molecule has 0 radical (unpaired) electrons. The van der Waals surface area contributed by atoms with E-state index >= 15 is 0 Å². The predicted molar refractivity (Wildman–Crippen MR) is 143 cm³/mol. The lowest BCUT2D eigenvalue weighted by Gasteiger charge is -2.24. The van der Waals surface area contributed by atoms with Gasteiger partial charge in [-0.3, -0.25) is 9.78 Å². The van der Waals surface area contributed by atoms with Crippen LogP contribution in [0.5, 0.6) is 11.5 Å². The summed E-state index contributed by atoms with van der Waals surface area (Å²) in [5.41, 5.74) is 5.59. The minimum absolute atomic E-state index is 0.0399. The molecule has 8 nitrogen and oxygen atoms in total. The maximum absolute atomic E-state index is 12.4. The summed E-state index contributed by atoms with van der Waals surface area (Å²) in [6, 6.07) is 15.0. The SMILES string of the molecule is COc1cc(C(=O)N(C)C)ccc1-c1cc2ncc(C)c(-c3ccc(OC4CCOCC4)c(C#N)c3)c2o1. The van der Waals surface area contributed by atoms with Crippen LogP contribution in [0.3, 0.4) is 0 Å². The lowest BCUT2D eigenvalue weighted by molar-refractivity contribution is 0.0254.